The Balaban J connectivity index is 1.89. The van der Waals surface area contributed by atoms with Crippen LogP contribution in [0.1, 0.15) is 30.0 Å². The maximum Gasteiger partial charge on any atom is 0.0803 e. The van der Waals surface area contributed by atoms with E-state index in [2.05, 4.69) is 59.5 Å². The Morgan fingerprint density at radius 1 is 1.09 bits per heavy atom. The summed E-state index contributed by atoms with van der Waals surface area (Å²) in [5.41, 5.74) is 2.59. The van der Waals surface area contributed by atoms with Gasteiger partial charge in [0.1, 0.15) is 0 Å². The van der Waals surface area contributed by atoms with E-state index in [-0.39, 0.29) is 6.04 Å². The molecule has 1 saturated heterocycles. The normalized spacial score (nSPS) is 21.7. The molecule has 4 heteroatoms. The van der Waals surface area contributed by atoms with Crippen molar-refractivity contribution >= 4 is 17.2 Å². The van der Waals surface area contributed by atoms with E-state index in [1.807, 2.05) is 18.1 Å². The molecule has 3 rings (SSSR count). The van der Waals surface area contributed by atoms with Gasteiger partial charge in [-0.2, -0.15) is 0 Å². The molecule has 2 aromatic rings. The first-order chi connectivity index (χ1) is 11.1. The number of thiocarbonyl (C=S) groups is 1. The van der Waals surface area contributed by atoms with Gasteiger partial charge < -0.3 is 4.90 Å². The topological polar surface area (TPSA) is 32.5 Å². The highest BCUT2D eigenvalue weighted by atomic mass is 32.1. The summed E-state index contributed by atoms with van der Waals surface area (Å²) in [6.45, 7) is 0.847. The van der Waals surface area contributed by atoms with Crippen LogP contribution in [0, 0.1) is 0 Å². The van der Waals surface area contributed by atoms with Gasteiger partial charge in [-0.3, -0.25) is 5.84 Å². The lowest BCUT2D eigenvalue weighted by atomic mass is 9.91. The number of hydrazine groups is 1. The minimum atomic E-state index is 0.272. The fourth-order valence-electron chi connectivity index (χ4n) is 3.24. The van der Waals surface area contributed by atoms with Crippen LogP contribution in [0.3, 0.4) is 0 Å². The van der Waals surface area contributed by atoms with Crippen LogP contribution in [0.5, 0.6) is 0 Å². The van der Waals surface area contributed by atoms with Crippen LogP contribution in [0.15, 0.2) is 60.7 Å². The Morgan fingerprint density at radius 3 is 2.30 bits per heavy atom. The van der Waals surface area contributed by atoms with E-state index in [9.17, 15) is 0 Å². The molecule has 2 N–H and O–H groups in total. The number of nitrogens with zero attached hydrogens (tertiary/aromatic N) is 2. The molecule has 0 aromatic heterocycles. The van der Waals surface area contributed by atoms with E-state index in [1.54, 1.807) is 0 Å². The zero-order valence-electron chi connectivity index (χ0n) is 13.4. The van der Waals surface area contributed by atoms with E-state index < -0.39 is 0 Å². The van der Waals surface area contributed by atoms with Gasteiger partial charge in [0.2, 0.25) is 0 Å². The molecule has 0 unspecified atom stereocenters. The van der Waals surface area contributed by atoms with Crippen LogP contribution in [-0.2, 0) is 6.54 Å². The summed E-state index contributed by atoms with van der Waals surface area (Å²) in [5.74, 6) is 6.02. The number of benzene rings is 2. The van der Waals surface area contributed by atoms with Crippen molar-refractivity contribution in [3.8, 4) is 0 Å². The molecule has 0 bridgehead atoms. The van der Waals surface area contributed by atoms with Crippen molar-refractivity contribution in [1.82, 2.24) is 9.91 Å². The van der Waals surface area contributed by atoms with Crippen molar-refractivity contribution in [1.29, 1.82) is 0 Å². The lowest BCUT2D eigenvalue weighted by molar-refractivity contribution is 0.156. The highest BCUT2D eigenvalue weighted by Gasteiger charge is 2.33. The Hall–Kier alpha value is -1.75. The Morgan fingerprint density at radius 2 is 1.70 bits per heavy atom. The molecular formula is C19H23N3S. The minimum absolute atomic E-state index is 0.272. The smallest absolute Gasteiger partial charge is 0.0803 e. The summed E-state index contributed by atoms with van der Waals surface area (Å²) >= 11 is 5.74. The van der Waals surface area contributed by atoms with Crippen molar-refractivity contribution < 1.29 is 0 Å². The third kappa shape index (κ3) is 3.78. The first-order valence-corrected chi connectivity index (χ1v) is 8.42. The van der Waals surface area contributed by atoms with Crippen LogP contribution in [0.4, 0.5) is 0 Å². The molecule has 1 fully saturated rings. The zero-order valence-corrected chi connectivity index (χ0v) is 14.2. The second kappa shape index (κ2) is 7.21. The third-order valence-corrected chi connectivity index (χ3v) is 4.96. The minimum Gasteiger partial charge on any atom is -0.355 e. The average molecular weight is 325 g/mol. The zero-order chi connectivity index (χ0) is 16.2. The first-order valence-electron chi connectivity index (χ1n) is 8.01. The van der Waals surface area contributed by atoms with E-state index in [0.717, 1.165) is 24.4 Å². The van der Waals surface area contributed by atoms with Gasteiger partial charge >= 0.3 is 0 Å². The molecule has 0 aliphatic carbocycles. The molecule has 0 saturated carbocycles. The van der Waals surface area contributed by atoms with Gasteiger partial charge in [-0.15, -0.1) is 0 Å². The lowest BCUT2D eigenvalue weighted by Crippen LogP contribution is -2.49. The van der Waals surface area contributed by atoms with Gasteiger partial charge in [0.25, 0.3) is 0 Å². The number of likely N-dealkylation sites (tertiary alicyclic amines) is 1. The second-order valence-corrected chi connectivity index (χ2v) is 6.66. The Kier molecular flexibility index (Phi) is 5.06. The molecule has 23 heavy (non-hydrogen) atoms. The maximum atomic E-state index is 6.02. The fraction of sp³-hybridized carbons (Fsp3) is 0.316. The number of nitrogens with two attached hydrogens (primary N) is 1. The molecule has 0 spiro atoms. The number of rotatable bonds is 4. The van der Waals surface area contributed by atoms with Gasteiger partial charge in [0, 0.05) is 26.1 Å². The molecule has 1 heterocycles. The highest BCUT2D eigenvalue weighted by Crippen LogP contribution is 2.34. The predicted molar refractivity (Wildman–Crippen MR) is 98.7 cm³/mol. The fourth-order valence-corrected chi connectivity index (χ4v) is 3.63. The van der Waals surface area contributed by atoms with Gasteiger partial charge in [0.15, 0.2) is 0 Å². The van der Waals surface area contributed by atoms with Gasteiger partial charge in [-0.05, 0) is 17.5 Å². The molecule has 0 amide bonds. The molecular weight excluding hydrogens is 302 g/mol. The van der Waals surface area contributed by atoms with E-state index in [4.69, 9.17) is 18.1 Å². The van der Waals surface area contributed by atoms with Crippen molar-refractivity contribution in [3.05, 3.63) is 71.8 Å². The van der Waals surface area contributed by atoms with Crippen LogP contribution in [0.25, 0.3) is 0 Å². The molecule has 2 atom stereocenters. The monoisotopic (exact) mass is 325 g/mol. The number of piperidine rings is 1. The second-order valence-electron chi connectivity index (χ2n) is 6.19. The summed E-state index contributed by atoms with van der Waals surface area (Å²) < 4.78 is 0. The van der Waals surface area contributed by atoms with Gasteiger partial charge in [0.05, 0.1) is 11.0 Å². The van der Waals surface area contributed by atoms with E-state index in [0.29, 0.717) is 6.04 Å². The summed E-state index contributed by atoms with van der Waals surface area (Å²) in [5, 5.41) is 1.81. The molecule has 0 radical (unpaired) electrons. The largest absolute Gasteiger partial charge is 0.355 e. The molecule has 1 aliphatic rings. The molecule has 3 nitrogen and oxygen atoms in total. The summed E-state index contributed by atoms with van der Waals surface area (Å²) in [6, 6.07) is 21.7. The Bertz CT molecular complexity index is 642. The molecule has 2 aromatic carbocycles. The summed E-state index contributed by atoms with van der Waals surface area (Å²) in [7, 11) is 1.93. The average Bonchev–Trinajstić information content (AvgIpc) is 2.58. The summed E-state index contributed by atoms with van der Waals surface area (Å²) in [4.78, 5) is 3.36. The van der Waals surface area contributed by atoms with Crippen molar-refractivity contribution in [2.45, 2.75) is 31.5 Å². The van der Waals surface area contributed by atoms with Gasteiger partial charge in [-0.25, -0.2) is 5.01 Å². The van der Waals surface area contributed by atoms with Crippen molar-refractivity contribution in [3.63, 3.8) is 0 Å². The number of hydrogen-bond acceptors (Lipinski definition) is 3. The summed E-state index contributed by atoms with van der Waals surface area (Å²) in [6.07, 6.45) is 1.84. The van der Waals surface area contributed by atoms with E-state index in [1.165, 1.54) is 11.1 Å². The van der Waals surface area contributed by atoms with E-state index >= 15 is 0 Å². The van der Waals surface area contributed by atoms with Crippen LogP contribution < -0.4 is 5.84 Å². The van der Waals surface area contributed by atoms with Crippen LogP contribution in [-0.4, -0.2) is 28.0 Å². The third-order valence-electron chi connectivity index (χ3n) is 4.56. The van der Waals surface area contributed by atoms with Crippen molar-refractivity contribution in [2.75, 3.05) is 7.05 Å². The SMILES string of the molecule is CN(N)[C@H]1CC(=S)N(Cc2ccccc2)[C@H](c2ccccc2)C1. The standard InChI is InChI=1S/C19H23N3S/c1-21(20)17-12-18(16-10-6-3-7-11-16)22(19(23)13-17)14-15-8-4-2-5-9-15/h2-11,17-18H,12-14,20H2,1H3/t17-,18+/m1/s1. The Labute approximate surface area is 143 Å². The maximum absolute atomic E-state index is 6.02. The first kappa shape index (κ1) is 16.1. The van der Waals surface area contributed by atoms with Crippen molar-refractivity contribution in [2.24, 2.45) is 5.84 Å². The molecule has 1 aliphatic heterocycles. The number of hydrogen-bond donors (Lipinski definition) is 1. The predicted octanol–water partition coefficient (Wildman–Crippen LogP) is 3.53. The lowest BCUT2D eigenvalue weighted by Gasteiger charge is -2.43. The van der Waals surface area contributed by atoms with Crippen LogP contribution >= 0.6 is 12.2 Å². The highest BCUT2D eigenvalue weighted by molar-refractivity contribution is 7.80. The van der Waals surface area contributed by atoms with Gasteiger partial charge in [-0.1, -0.05) is 72.9 Å². The quantitative estimate of drug-likeness (QED) is 0.529. The molecule has 120 valence electrons. The van der Waals surface area contributed by atoms with Crippen LogP contribution in [0.2, 0.25) is 0 Å².